The summed E-state index contributed by atoms with van der Waals surface area (Å²) in [4.78, 5) is 12.4. The molecule has 0 heterocycles. The van der Waals surface area contributed by atoms with Gasteiger partial charge in [0.25, 0.3) is 5.91 Å². The highest BCUT2D eigenvalue weighted by molar-refractivity contribution is 6.02. The van der Waals surface area contributed by atoms with Gasteiger partial charge in [-0.3, -0.25) is 4.79 Å². The third-order valence-corrected chi connectivity index (χ3v) is 4.25. The van der Waals surface area contributed by atoms with Crippen LogP contribution in [0.1, 0.15) is 11.1 Å². The van der Waals surface area contributed by atoms with Gasteiger partial charge in [-0.15, -0.1) is 0 Å². The van der Waals surface area contributed by atoms with Crippen molar-refractivity contribution >= 4 is 12.0 Å². The van der Waals surface area contributed by atoms with E-state index in [2.05, 4.69) is 5.32 Å². The quantitative estimate of drug-likeness (QED) is 0.518. The van der Waals surface area contributed by atoms with E-state index in [1.54, 1.807) is 32.4 Å². The first kappa shape index (κ1) is 21.6. The monoisotopic (exact) mass is 396 g/mol. The number of ether oxygens (including phenoxy) is 4. The zero-order valence-electron chi connectivity index (χ0n) is 16.9. The van der Waals surface area contributed by atoms with Crippen LogP contribution in [0.2, 0.25) is 0 Å². The van der Waals surface area contributed by atoms with Crippen LogP contribution >= 0.6 is 0 Å². The van der Waals surface area contributed by atoms with E-state index in [0.29, 0.717) is 41.5 Å². The zero-order valence-corrected chi connectivity index (χ0v) is 16.9. The first-order chi connectivity index (χ1) is 14.1. The second kappa shape index (κ2) is 10.6. The summed E-state index contributed by atoms with van der Waals surface area (Å²) in [6.45, 7) is 0.364. The maximum Gasteiger partial charge on any atom is 0.261 e. The smallest absolute Gasteiger partial charge is 0.261 e. The predicted octanol–water partition coefficient (Wildman–Crippen LogP) is 2.99. The van der Waals surface area contributed by atoms with Crippen LogP contribution in [0, 0.1) is 11.3 Å². The van der Waals surface area contributed by atoms with Gasteiger partial charge < -0.3 is 24.3 Å². The number of nitriles is 1. The minimum Gasteiger partial charge on any atom is -0.493 e. The molecular weight excluding hydrogens is 372 g/mol. The van der Waals surface area contributed by atoms with E-state index < -0.39 is 5.91 Å². The summed E-state index contributed by atoms with van der Waals surface area (Å²) in [5, 5.41) is 12.2. The van der Waals surface area contributed by atoms with Gasteiger partial charge in [0.2, 0.25) is 0 Å². The fourth-order valence-electron chi connectivity index (χ4n) is 2.78. The Morgan fingerprint density at radius 1 is 1.00 bits per heavy atom. The van der Waals surface area contributed by atoms with Gasteiger partial charge in [0, 0.05) is 12.1 Å². The SMILES string of the molecule is COc1ccc(CCNC(=O)/C(C#N)=C/c2cccc(OC)c2OC)cc1OC. The number of hydrogen-bond acceptors (Lipinski definition) is 6. The van der Waals surface area contributed by atoms with Crippen LogP contribution < -0.4 is 24.3 Å². The molecule has 0 aliphatic rings. The number of carbonyl (C=O) groups is 1. The van der Waals surface area contributed by atoms with E-state index in [1.165, 1.54) is 20.3 Å². The van der Waals surface area contributed by atoms with E-state index in [-0.39, 0.29) is 5.57 Å². The Morgan fingerprint density at radius 3 is 2.34 bits per heavy atom. The number of carbonyl (C=O) groups excluding carboxylic acids is 1. The third kappa shape index (κ3) is 5.42. The standard InChI is InChI=1S/C22H24N2O5/c1-26-18-9-8-15(12-20(18)28-3)10-11-24-22(25)17(14-23)13-16-6-5-7-19(27-2)21(16)29-4/h5-9,12-13H,10-11H2,1-4H3,(H,24,25)/b17-13+. The van der Waals surface area contributed by atoms with Crippen molar-refractivity contribution in [2.45, 2.75) is 6.42 Å². The summed E-state index contributed by atoms with van der Waals surface area (Å²) in [7, 11) is 6.17. The van der Waals surface area contributed by atoms with Crippen LogP contribution in [0.3, 0.4) is 0 Å². The molecule has 0 saturated heterocycles. The molecule has 152 valence electrons. The molecular formula is C22H24N2O5. The molecule has 2 aromatic rings. The molecule has 0 atom stereocenters. The molecule has 0 spiro atoms. The summed E-state index contributed by atoms with van der Waals surface area (Å²) in [5.74, 6) is 1.78. The first-order valence-corrected chi connectivity index (χ1v) is 8.89. The summed E-state index contributed by atoms with van der Waals surface area (Å²) >= 11 is 0. The fraction of sp³-hybridized carbons (Fsp3) is 0.273. The molecule has 0 aliphatic heterocycles. The molecule has 29 heavy (non-hydrogen) atoms. The number of benzene rings is 2. The second-order valence-corrected chi connectivity index (χ2v) is 5.95. The van der Waals surface area contributed by atoms with E-state index in [4.69, 9.17) is 18.9 Å². The number of para-hydroxylation sites is 1. The van der Waals surface area contributed by atoms with Crippen LogP contribution in [-0.4, -0.2) is 40.9 Å². The molecule has 0 fully saturated rings. The number of nitrogens with one attached hydrogen (secondary N) is 1. The van der Waals surface area contributed by atoms with Gasteiger partial charge in [0.1, 0.15) is 11.6 Å². The summed E-state index contributed by atoms with van der Waals surface area (Å²) < 4.78 is 21.1. The largest absolute Gasteiger partial charge is 0.493 e. The minimum absolute atomic E-state index is 0.0242. The molecule has 1 N–H and O–H groups in total. The highest BCUT2D eigenvalue weighted by Gasteiger charge is 2.13. The Balaban J connectivity index is 2.08. The molecule has 1 amide bonds. The number of methoxy groups -OCH3 is 4. The maximum absolute atomic E-state index is 12.4. The van der Waals surface area contributed by atoms with Crippen LogP contribution in [0.25, 0.3) is 6.08 Å². The van der Waals surface area contributed by atoms with Crippen molar-refractivity contribution in [2.75, 3.05) is 35.0 Å². The number of nitrogens with zero attached hydrogens (tertiary/aromatic N) is 1. The van der Waals surface area contributed by atoms with Gasteiger partial charge >= 0.3 is 0 Å². The van der Waals surface area contributed by atoms with Gasteiger partial charge in [-0.1, -0.05) is 18.2 Å². The molecule has 2 aromatic carbocycles. The maximum atomic E-state index is 12.4. The van der Waals surface area contributed by atoms with Crippen molar-refractivity contribution in [3.05, 3.63) is 53.1 Å². The van der Waals surface area contributed by atoms with Crippen molar-refractivity contribution < 1.29 is 23.7 Å². The van der Waals surface area contributed by atoms with Crippen molar-refractivity contribution in [3.8, 4) is 29.1 Å². The minimum atomic E-state index is -0.460. The average molecular weight is 396 g/mol. The lowest BCUT2D eigenvalue weighted by Gasteiger charge is -2.11. The van der Waals surface area contributed by atoms with Crippen LogP contribution in [0.5, 0.6) is 23.0 Å². The topological polar surface area (TPSA) is 89.8 Å². The van der Waals surface area contributed by atoms with E-state index >= 15 is 0 Å². The highest BCUT2D eigenvalue weighted by atomic mass is 16.5. The molecule has 0 aromatic heterocycles. The van der Waals surface area contributed by atoms with Gasteiger partial charge in [-0.25, -0.2) is 0 Å². The van der Waals surface area contributed by atoms with Crippen molar-refractivity contribution in [2.24, 2.45) is 0 Å². The normalized spacial score (nSPS) is 10.7. The van der Waals surface area contributed by atoms with E-state index in [1.807, 2.05) is 24.3 Å². The molecule has 7 nitrogen and oxygen atoms in total. The molecule has 7 heteroatoms. The Bertz CT molecular complexity index is 931. The molecule has 0 radical (unpaired) electrons. The lowest BCUT2D eigenvalue weighted by atomic mass is 10.1. The van der Waals surface area contributed by atoms with Crippen LogP contribution in [-0.2, 0) is 11.2 Å². The lowest BCUT2D eigenvalue weighted by Crippen LogP contribution is -2.26. The Labute approximate surface area is 170 Å². The van der Waals surface area contributed by atoms with Crippen LogP contribution in [0.15, 0.2) is 42.0 Å². The molecule has 2 rings (SSSR count). The second-order valence-electron chi connectivity index (χ2n) is 5.95. The van der Waals surface area contributed by atoms with Gasteiger partial charge in [0.15, 0.2) is 23.0 Å². The Hall–Kier alpha value is -3.66. The summed E-state index contributed by atoms with van der Waals surface area (Å²) in [5.41, 5.74) is 1.53. The number of amides is 1. The summed E-state index contributed by atoms with van der Waals surface area (Å²) in [6, 6.07) is 12.7. The molecule has 0 aliphatic carbocycles. The molecule has 0 saturated carbocycles. The van der Waals surface area contributed by atoms with Crippen molar-refractivity contribution in [1.82, 2.24) is 5.32 Å². The van der Waals surface area contributed by atoms with Gasteiger partial charge in [0.05, 0.1) is 28.4 Å². The third-order valence-electron chi connectivity index (χ3n) is 4.25. The van der Waals surface area contributed by atoms with Crippen molar-refractivity contribution in [3.63, 3.8) is 0 Å². The van der Waals surface area contributed by atoms with Gasteiger partial charge in [-0.2, -0.15) is 5.26 Å². The predicted molar refractivity (Wildman–Crippen MR) is 109 cm³/mol. The fourth-order valence-corrected chi connectivity index (χ4v) is 2.78. The number of rotatable bonds is 9. The van der Waals surface area contributed by atoms with Crippen LogP contribution in [0.4, 0.5) is 0 Å². The average Bonchev–Trinajstić information content (AvgIpc) is 2.76. The van der Waals surface area contributed by atoms with Gasteiger partial charge in [-0.05, 0) is 36.3 Å². The molecule has 0 bridgehead atoms. The van der Waals surface area contributed by atoms with E-state index in [9.17, 15) is 10.1 Å². The number of hydrogen-bond donors (Lipinski definition) is 1. The lowest BCUT2D eigenvalue weighted by molar-refractivity contribution is -0.117. The summed E-state index contributed by atoms with van der Waals surface area (Å²) in [6.07, 6.45) is 2.06. The van der Waals surface area contributed by atoms with E-state index in [0.717, 1.165) is 5.56 Å². The van der Waals surface area contributed by atoms with Crippen molar-refractivity contribution in [1.29, 1.82) is 5.26 Å². The molecule has 0 unspecified atom stereocenters. The Kier molecular flexibility index (Phi) is 7.92. The zero-order chi connectivity index (χ0) is 21.2. The first-order valence-electron chi connectivity index (χ1n) is 8.89. The highest BCUT2D eigenvalue weighted by Crippen LogP contribution is 2.32. The Morgan fingerprint density at radius 2 is 1.72 bits per heavy atom.